The van der Waals surface area contributed by atoms with Gasteiger partial charge in [-0.3, -0.25) is 0 Å². The minimum atomic E-state index is -0.848. The maximum absolute atomic E-state index is 11.4. The third-order valence-corrected chi connectivity index (χ3v) is 6.32. The summed E-state index contributed by atoms with van der Waals surface area (Å²) in [5, 5.41) is 18.7. The number of carbonyl (C=O) groups is 2. The summed E-state index contributed by atoms with van der Waals surface area (Å²) < 4.78 is 0. The maximum Gasteiger partial charge on any atom is 0.407 e. The Morgan fingerprint density at radius 2 is 1.07 bits per heavy atom. The minimum absolute atomic E-state index is 0.121. The first-order valence-corrected chi connectivity index (χ1v) is 10.2. The summed E-state index contributed by atoms with van der Waals surface area (Å²) in [5.41, 5.74) is 0. The summed E-state index contributed by atoms with van der Waals surface area (Å²) in [7, 11) is 0. The highest BCUT2D eigenvalue weighted by Crippen LogP contribution is 2.37. The highest BCUT2D eigenvalue weighted by molar-refractivity contribution is 5.66. The topological polar surface area (TPSA) is 81.1 Å². The van der Waals surface area contributed by atoms with Crippen molar-refractivity contribution in [1.82, 2.24) is 9.80 Å². The zero-order chi connectivity index (χ0) is 19.8. The fourth-order valence-corrected chi connectivity index (χ4v) is 4.90. The van der Waals surface area contributed by atoms with Gasteiger partial charge in [0, 0.05) is 25.2 Å². The van der Waals surface area contributed by atoms with Crippen molar-refractivity contribution in [3.8, 4) is 0 Å². The second kappa shape index (κ2) is 10.4. The molecule has 2 N–H and O–H groups in total. The first-order chi connectivity index (χ1) is 13.0. The lowest BCUT2D eigenvalue weighted by Gasteiger charge is -2.38. The van der Waals surface area contributed by atoms with Crippen molar-refractivity contribution < 1.29 is 19.8 Å². The lowest BCUT2D eigenvalue weighted by Crippen LogP contribution is -2.42. The third kappa shape index (κ3) is 6.01. The fraction of sp³-hybridized carbons (Fsp3) is 0.714. The van der Waals surface area contributed by atoms with Crippen LogP contribution in [0.1, 0.15) is 57.8 Å². The van der Waals surface area contributed by atoms with E-state index in [-0.39, 0.29) is 12.1 Å². The van der Waals surface area contributed by atoms with Crippen molar-refractivity contribution in [3.63, 3.8) is 0 Å². The van der Waals surface area contributed by atoms with Crippen LogP contribution in [0.15, 0.2) is 25.3 Å². The molecule has 6 heteroatoms. The summed E-state index contributed by atoms with van der Waals surface area (Å²) in [5.74, 6) is 1.34. The Kier molecular flexibility index (Phi) is 8.20. The molecule has 2 amide bonds. The van der Waals surface area contributed by atoms with Gasteiger partial charge in [-0.2, -0.15) is 0 Å². The number of hydrogen-bond acceptors (Lipinski definition) is 2. The van der Waals surface area contributed by atoms with E-state index in [2.05, 4.69) is 13.2 Å². The van der Waals surface area contributed by atoms with Crippen molar-refractivity contribution >= 4 is 12.2 Å². The van der Waals surface area contributed by atoms with Crippen LogP contribution in [0.3, 0.4) is 0 Å². The Morgan fingerprint density at radius 3 is 1.33 bits per heavy atom. The molecule has 0 unspecified atom stereocenters. The van der Waals surface area contributed by atoms with E-state index in [9.17, 15) is 19.8 Å². The van der Waals surface area contributed by atoms with Gasteiger partial charge in [-0.05, 0) is 69.6 Å². The van der Waals surface area contributed by atoms with Gasteiger partial charge in [0.2, 0.25) is 0 Å². The summed E-state index contributed by atoms with van der Waals surface area (Å²) >= 11 is 0. The molecule has 0 aromatic carbocycles. The van der Waals surface area contributed by atoms with Crippen LogP contribution in [0.5, 0.6) is 0 Å². The Bertz CT molecular complexity index is 474. The molecule has 0 spiro atoms. The Labute approximate surface area is 162 Å². The van der Waals surface area contributed by atoms with Crippen LogP contribution >= 0.6 is 0 Å². The highest BCUT2D eigenvalue weighted by atomic mass is 16.4. The summed E-state index contributed by atoms with van der Waals surface area (Å²) in [6, 6.07) is 0.242. The molecule has 2 rings (SSSR count). The number of hydrogen-bond donors (Lipinski definition) is 2. The largest absolute Gasteiger partial charge is 0.465 e. The number of nitrogens with zero attached hydrogens (tertiary/aromatic N) is 2. The first-order valence-electron chi connectivity index (χ1n) is 10.2. The zero-order valence-electron chi connectivity index (χ0n) is 16.3. The number of amides is 2. The van der Waals surface area contributed by atoms with E-state index in [1.807, 2.05) is 0 Å². The van der Waals surface area contributed by atoms with Crippen LogP contribution in [0.2, 0.25) is 0 Å². The van der Waals surface area contributed by atoms with Gasteiger partial charge in [0.1, 0.15) is 0 Å². The molecule has 2 fully saturated rings. The molecule has 2 saturated carbocycles. The third-order valence-electron chi connectivity index (χ3n) is 6.32. The standard InChI is InChI=1S/C21H34N2O4/c1-3-13-22(20(24)25)18-9-5-16(6-10-18)15-17-7-11-19(12-8-17)23(14-4-2)21(26)27/h3-4,16-19H,1-2,5-15H2,(H,24,25)(H,26,27). The Morgan fingerprint density at radius 1 is 0.741 bits per heavy atom. The highest BCUT2D eigenvalue weighted by Gasteiger charge is 2.32. The molecule has 152 valence electrons. The average molecular weight is 379 g/mol. The van der Waals surface area contributed by atoms with Gasteiger partial charge in [-0.15, -0.1) is 13.2 Å². The molecule has 0 radical (unpaired) electrons. The van der Waals surface area contributed by atoms with Gasteiger partial charge in [-0.25, -0.2) is 9.59 Å². The monoisotopic (exact) mass is 378 g/mol. The zero-order valence-corrected chi connectivity index (χ0v) is 16.3. The quantitative estimate of drug-likeness (QED) is 0.593. The fourth-order valence-electron chi connectivity index (χ4n) is 4.90. The molecule has 2 aliphatic carbocycles. The molecule has 0 heterocycles. The van der Waals surface area contributed by atoms with Gasteiger partial charge < -0.3 is 20.0 Å². The maximum atomic E-state index is 11.4. The normalized spacial score (nSPS) is 28.1. The molecule has 0 atom stereocenters. The van der Waals surface area contributed by atoms with E-state index in [0.717, 1.165) is 51.4 Å². The molecule has 0 aromatic rings. The molecular formula is C21H34N2O4. The minimum Gasteiger partial charge on any atom is -0.465 e. The van der Waals surface area contributed by atoms with E-state index in [1.54, 1.807) is 12.2 Å². The van der Waals surface area contributed by atoms with E-state index < -0.39 is 12.2 Å². The van der Waals surface area contributed by atoms with Gasteiger partial charge >= 0.3 is 12.2 Å². The predicted octanol–water partition coefficient (Wildman–Crippen LogP) is 4.83. The van der Waals surface area contributed by atoms with Crippen molar-refractivity contribution in [3.05, 3.63) is 25.3 Å². The van der Waals surface area contributed by atoms with Crippen molar-refractivity contribution in [1.29, 1.82) is 0 Å². The van der Waals surface area contributed by atoms with Gasteiger partial charge in [0.15, 0.2) is 0 Å². The lowest BCUT2D eigenvalue weighted by atomic mass is 9.75. The molecule has 2 aliphatic rings. The molecule has 0 aromatic heterocycles. The van der Waals surface area contributed by atoms with Crippen molar-refractivity contribution in [2.45, 2.75) is 69.9 Å². The number of carboxylic acid groups (broad SMARTS) is 2. The molecule has 6 nitrogen and oxygen atoms in total. The van der Waals surface area contributed by atoms with E-state index in [4.69, 9.17) is 0 Å². The molecule has 27 heavy (non-hydrogen) atoms. The van der Waals surface area contributed by atoms with Gasteiger partial charge in [0.05, 0.1) is 0 Å². The smallest absolute Gasteiger partial charge is 0.407 e. The van der Waals surface area contributed by atoms with Crippen LogP contribution in [0.4, 0.5) is 9.59 Å². The second-order valence-electron chi connectivity index (χ2n) is 8.03. The van der Waals surface area contributed by atoms with Gasteiger partial charge in [0.25, 0.3) is 0 Å². The van der Waals surface area contributed by atoms with E-state index >= 15 is 0 Å². The van der Waals surface area contributed by atoms with E-state index in [1.165, 1.54) is 16.2 Å². The van der Waals surface area contributed by atoms with Crippen LogP contribution in [0.25, 0.3) is 0 Å². The molecular weight excluding hydrogens is 344 g/mol. The summed E-state index contributed by atoms with van der Waals surface area (Å²) in [6.07, 6.45) is 10.9. The molecule has 0 bridgehead atoms. The Balaban J connectivity index is 1.75. The van der Waals surface area contributed by atoms with Crippen LogP contribution in [0, 0.1) is 11.8 Å². The van der Waals surface area contributed by atoms with Crippen LogP contribution in [-0.4, -0.2) is 57.4 Å². The van der Waals surface area contributed by atoms with Crippen LogP contribution < -0.4 is 0 Å². The summed E-state index contributed by atoms with van der Waals surface area (Å²) in [4.78, 5) is 25.8. The Hall–Kier alpha value is -1.98. The first kappa shape index (κ1) is 21.3. The van der Waals surface area contributed by atoms with Gasteiger partial charge in [-0.1, -0.05) is 12.2 Å². The second-order valence-corrected chi connectivity index (χ2v) is 8.03. The van der Waals surface area contributed by atoms with E-state index in [0.29, 0.717) is 24.9 Å². The lowest BCUT2D eigenvalue weighted by molar-refractivity contribution is 0.0967. The molecule has 0 aliphatic heterocycles. The number of rotatable bonds is 8. The van der Waals surface area contributed by atoms with Crippen LogP contribution in [-0.2, 0) is 0 Å². The predicted molar refractivity (Wildman–Crippen MR) is 106 cm³/mol. The SMILES string of the molecule is C=CCN(C(=O)O)C1CCC(CC2CCC(N(CC=C)C(=O)O)CC2)CC1. The average Bonchev–Trinajstić information content (AvgIpc) is 2.65. The summed E-state index contributed by atoms with van der Waals surface area (Å²) in [6.45, 7) is 8.13. The molecule has 0 saturated heterocycles. The van der Waals surface area contributed by atoms with Crippen molar-refractivity contribution in [2.75, 3.05) is 13.1 Å². The van der Waals surface area contributed by atoms with Crippen molar-refractivity contribution in [2.24, 2.45) is 11.8 Å².